The maximum atomic E-state index is 11.2. The predicted octanol–water partition coefficient (Wildman–Crippen LogP) is -0.216. The molecule has 3 N–H and O–H groups in total. The van der Waals surface area contributed by atoms with Crippen LogP contribution in [0, 0.1) is 24.7 Å². The summed E-state index contributed by atoms with van der Waals surface area (Å²) in [6.07, 6.45) is 9.91. The fourth-order valence-corrected chi connectivity index (χ4v) is 0.756. The Bertz CT molecular complexity index is 325. The van der Waals surface area contributed by atoms with E-state index in [9.17, 15) is 9.59 Å². The third kappa shape index (κ3) is 5.22. The van der Waals surface area contributed by atoms with Gasteiger partial charge < -0.3 is 15.7 Å². The van der Waals surface area contributed by atoms with Gasteiger partial charge in [0.15, 0.2) is 0 Å². The summed E-state index contributed by atoms with van der Waals surface area (Å²) in [6.45, 7) is 1.59. The van der Waals surface area contributed by atoms with Crippen LogP contribution in [0.5, 0.6) is 0 Å². The lowest BCUT2D eigenvalue weighted by molar-refractivity contribution is -0.139. The van der Waals surface area contributed by atoms with Crippen molar-refractivity contribution in [1.82, 2.24) is 10.6 Å². The standard InChI is InChI=1S/C10H12N2O3/c1-4-6-8(9(13)14)12-10(15)11-7(3)5-2/h1-2,7-8H,6H2,3H3,(H,13,14)(H2,11,12,15). The number of aliphatic carboxylic acids is 1. The zero-order valence-corrected chi connectivity index (χ0v) is 8.28. The molecule has 0 saturated heterocycles. The van der Waals surface area contributed by atoms with Crippen molar-refractivity contribution >= 4 is 12.0 Å². The van der Waals surface area contributed by atoms with Crippen LogP contribution in [0.3, 0.4) is 0 Å². The molecule has 0 rings (SSSR count). The molecule has 2 amide bonds. The highest BCUT2D eigenvalue weighted by Gasteiger charge is 2.18. The highest BCUT2D eigenvalue weighted by molar-refractivity contribution is 5.83. The van der Waals surface area contributed by atoms with Gasteiger partial charge in [-0.3, -0.25) is 0 Å². The van der Waals surface area contributed by atoms with Crippen molar-refractivity contribution in [3.05, 3.63) is 0 Å². The lowest BCUT2D eigenvalue weighted by Gasteiger charge is -2.13. The molecule has 0 aliphatic rings. The Hall–Kier alpha value is -2.14. The summed E-state index contributed by atoms with van der Waals surface area (Å²) < 4.78 is 0. The molecule has 0 radical (unpaired) electrons. The lowest BCUT2D eigenvalue weighted by Crippen LogP contribution is -2.48. The first kappa shape index (κ1) is 12.9. The van der Waals surface area contributed by atoms with Gasteiger partial charge in [-0.2, -0.15) is 0 Å². The average Bonchev–Trinajstić information content (AvgIpc) is 2.16. The number of carbonyl (C=O) groups is 2. The minimum atomic E-state index is -1.18. The number of hydrogen-bond acceptors (Lipinski definition) is 2. The topological polar surface area (TPSA) is 78.4 Å². The van der Waals surface area contributed by atoms with E-state index in [0.29, 0.717) is 0 Å². The molecular formula is C10H12N2O3. The Balaban J connectivity index is 4.20. The third-order valence-electron chi connectivity index (χ3n) is 1.52. The fourth-order valence-electron chi connectivity index (χ4n) is 0.756. The Morgan fingerprint density at radius 3 is 2.40 bits per heavy atom. The van der Waals surface area contributed by atoms with Crippen molar-refractivity contribution in [3.8, 4) is 24.7 Å². The van der Waals surface area contributed by atoms with E-state index in [1.807, 2.05) is 0 Å². The summed E-state index contributed by atoms with van der Waals surface area (Å²) in [5.41, 5.74) is 0. The van der Waals surface area contributed by atoms with E-state index in [1.54, 1.807) is 6.92 Å². The van der Waals surface area contributed by atoms with Gasteiger partial charge in [0.25, 0.3) is 0 Å². The van der Waals surface area contributed by atoms with Gasteiger partial charge in [-0.05, 0) is 6.92 Å². The van der Waals surface area contributed by atoms with E-state index in [4.69, 9.17) is 18.0 Å². The molecule has 0 saturated carbocycles. The molecule has 5 nitrogen and oxygen atoms in total. The summed E-state index contributed by atoms with van der Waals surface area (Å²) >= 11 is 0. The van der Waals surface area contributed by atoms with Crippen LogP contribution in [0.2, 0.25) is 0 Å². The molecule has 0 bridgehead atoms. The second-order valence-electron chi connectivity index (χ2n) is 2.81. The molecule has 80 valence electrons. The number of carbonyl (C=O) groups excluding carboxylic acids is 1. The van der Waals surface area contributed by atoms with Gasteiger partial charge in [0, 0.05) is 6.42 Å². The van der Waals surface area contributed by atoms with E-state index in [0.717, 1.165) is 0 Å². The van der Waals surface area contributed by atoms with E-state index < -0.39 is 24.1 Å². The fraction of sp³-hybridized carbons (Fsp3) is 0.400. The van der Waals surface area contributed by atoms with Crippen LogP contribution >= 0.6 is 0 Å². The third-order valence-corrected chi connectivity index (χ3v) is 1.52. The van der Waals surface area contributed by atoms with Crippen molar-refractivity contribution < 1.29 is 14.7 Å². The maximum absolute atomic E-state index is 11.2. The number of urea groups is 1. The van der Waals surface area contributed by atoms with Gasteiger partial charge in [0.1, 0.15) is 6.04 Å². The van der Waals surface area contributed by atoms with E-state index in [1.165, 1.54) is 0 Å². The van der Waals surface area contributed by atoms with Gasteiger partial charge in [-0.25, -0.2) is 9.59 Å². The van der Waals surface area contributed by atoms with Crippen LogP contribution in [-0.2, 0) is 4.79 Å². The summed E-state index contributed by atoms with van der Waals surface area (Å²) in [7, 11) is 0. The largest absolute Gasteiger partial charge is 0.480 e. The van der Waals surface area contributed by atoms with E-state index in [2.05, 4.69) is 22.5 Å². The lowest BCUT2D eigenvalue weighted by atomic mass is 10.2. The van der Waals surface area contributed by atoms with Crippen molar-refractivity contribution in [3.63, 3.8) is 0 Å². The van der Waals surface area contributed by atoms with Crippen molar-refractivity contribution in [2.24, 2.45) is 0 Å². The molecule has 0 aromatic heterocycles. The quantitative estimate of drug-likeness (QED) is 0.559. The molecule has 2 unspecified atom stereocenters. The number of carboxylic acids is 1. The first-order valence-corrected chi connectivity index (χ1v) is 4.20. The number of nitrogens with one attached hydrogen (secondary N) is 2. The predicted molar refractivity (Wildman–Crippen MR) is 54.8 cm³/mol. The second-order valence-corrected chi connectivity index (χ2v) is 2.81. The summed E-state index contributed by atoms with van der Waals surface area (Å²) in [4.78, 5) is 21.8. The first-order chi connectivity index (χ1) is 7.01. The van der Waals surface area contributed by atoms with Gasteiger partial charge in [0.05, 0.1) is 6.04 Å². The summed E-state index contributed by atoms with van der Waals surface area (Å²) in [5, 5.41) is 13.2. The molecule has 2 atom stereocenters. The van der Waals surface area contributed by atoms with Crippen molar-refractivity contribution in [2.45, 2.75) is 25.4 Å². The van der Waals surface area contributed by atoms with Crippen molar-refractivity contribution in [1.29, 1.82) is 0 Å². The molecule has 15 heavy (non-hydrogen) atoms. The van der Waals surface area contributed by atoms with Gasteiger partial charge in [-0.15, -0.1) is 18.8 Å². The minimum Gasteiger partial charge on any atom is -0.480 e. The zero-order valence-electron chi connectivity index (χ0n) is 8.28. The van der Waals surface area contributed by atoms with Crippen LogP contribution in [0.25, 0.3) is 0 Å². The Morgan fingerprint density at radius 1 is 1.40 bits per heavy atom. The van der Waals surface area contributed by atoms with Gasteiger partial charge in [-0.1, -0.05) is 5.92 Å². The van der Waals surface area contributed by atoms with Crippen molar-refractivity contribution in [2.75, 3.05) is 0 Å². The molecule has 0 fully saturated rings. The molecule has 0 heterocycles. The monoisotopic (exact) mass is 208 g/mol. The van der Waals surface area contributed by atoms with Crippen LogP contribution in [0.1, 0.15) is 13.3 Å². The van der Waals surface area contributed by atoms with Gasteiger partial charge in [0.2, 0.25) is 0 Å². The Kier molecular flexibility index (Phi) is 5.43. The molecule has 0 aliphatic carbocycles. The molecular weight excluding hydrogens is 196 g/mol. The Morgan fingerprint density at radius 2 is 2.00 bits per heavy atom. The van der Waals surface area contributed by atoms with Crippen LogP contribution < -0.4 is 10.6 Å². The number of carboxylic acid groups (broad SMARTS) is 1. The molecule has 0 aromatic carbocycles. The molecule has 0 aromatic rings. The number of hydrogen-bond donors (Lipinski definition) is 3. The second kappa shape index (κ2) is 6.33. The highest BCUT2D eigenvalue weighted by Crippen LogP contribution is 1.90. The zero-order chi connectivity index (χ0) is 11.8. The molecule has 0 spiro atoms. The minimum absolute atomic E-state index is 0.0762. The van der Waals surface area contributed by atoms with Crippen LogP contribution in [-0.4, -0.2) is 29.2 Å². The normalized spacial score (nSPS) is 12.7. The number of amides is 2. The van der Waals surface area contributed by atoms with E-state index >= 15 is 0 Å². The summed E-state index contributed by atoms with van der Waals surface area (Å²) in [6, 6.07) is -2.21. The molecule has 5 heteroatoms. The molecule has 0 aliphatic heterocycles. The first-order valence-electron chi connectivity index (χ1n) is 4.20. The SMILES string of the molecule is C#CCC(NC(=O)NC(C)C#C)C(=O)O. The number of rotatable bonds is 4. The van der Waals surface area contributed by atoms with Crippen LogP contribution in [0.4, 0.5) is 4.79 Å². The maximum Gasteiger partial charge on any atom is 0.327 e. The smallest absolute Gasteiger partial charge is 0.327 e. The van der Waals surface area contributed by atoms with Crippen LogP contribution in [0.15, 0.2) is 0 Å². The average molecular weight is 208 g/mol. The Labute approximate surface area is 88.2 Å². The van der Waals surface area contributed by atoms with E-state index in [-0.39, 0.29) is 6.42 Å². The highest BCUT2D eigenvalue weighted by atomic mass is 16.4. The number of terminal acetylenes is 2. The van der Waals surface area contributed by atoms with Gasteiger partial charge >= 0.3 is 12.0 Å². The summed E-state index contributed by atoms with van der Waals surface area (Å²) in [5.74, 6) is 3.24.